The molecule has 1 aromatic carbocycles. The fourth-order valence-corrected chi connectivity index (χ4v) is 2.81. The van der Waals surface area contributed by atoms with Crippen LogP contribution in [0.5, 0.6) is 0 Å². The summed E-state index contributed by atoms with van der Waals surface area (Å²) in [4.78, 5) is 12.1. The number of aromatic nitrogens is 4. The Hall–Kier alpha value is -2.44. The maximum Gasteiger partial charge on any atom is 0.319 e. The van der Waals surface area contributed by atoms with Gasteiger partial charge in [0.2, 0.25) is 0 Å². The highest BCUT2D eigenvalue weighted by atomic mass is 16.2. The quantitative estimate of drug-likeness (QED) is 0.911. The second-order valence-electron chi connectivity index (χ2n) is 5.64. The topological polar surface area (TPSA) is 84.7 Å². The molecule has 2 aromatic rings. The fraction of sp³-hybridized carbons (Fsp3) is 0.467. The van der Waals surface area contributed by atoms with Gasteiger partial charge in [-0.3, -0.25) is 0 Å². The van der Waals surface area contributed by atoms with Crippen molar-refractivity contribution < 1.29 is 4.79 Å². The smallest absolute Gasteiger partial charge is 0.319 e. The third-order valence-electron chi connectivity index (χ3n) is 3.94. The summed E-state index contributed by atoms with van der Waals surface area (Å²) in [7, 11) is 1.78. The Labute approximate surface area is 129 Å². The number of nitrogens with zero attached hydrogens (tertiary/aromatic N) is 4. The van der Waals surface area contributed by atoms with Gasteiger partial charge in [-0.15, -0.1) is 5.10 Å². The molecule has 1 aliphatic carbocycles. The molecular formula is C15H20N6O. The van der Waals surface area contributed by atoms with E-state index < -0.39 is 0 Å². The molecular weight excluding hydrogens is 280 g/mol. The molecule has 0 spiro atoms. The summed E-state index contributed by atoms with van der Waals surface area (Å²) in [6.07, 6.45) is 5.79. The fourth-order valence-electron chi connectivity index (χ4n) is 2.81. The van der Waals surface area contributed by atoms with E-state index in [-0.39, 0.29) is 6.03 Å². The molecule has 3 rings (SSSR count). The van der Waals surface area contributed by atoms with E-state index in [1.165, 1.54) is 19.3 Å². The molecule has 0 atom stereocenters. The average Bonchev–Trinajstić information content (AvgIpc) is 2.94. The number of aryl methyl sites for hydroxylation is 1. The summed E-state index contributed by atoms with van der Waals surface area (Å²) in [6.45, 7) is 0. The van der Waals surface area contributed by atoms with E-state index in [9.17, 15) is 4.79 Å². The average molecular weight is 300 g/mol. The molecule has 0 bridgehead atoms. The van der Waals surface area contributed by atoms with Gasteiger partial charge in [0.05, 0.1) is 0 Å². The number of urea groups is 1. The van der Waals surface area contributed by atoms with E-state index in [1.54, 1.807) is 11.7 Å². The zero-order valence-corrected chi connectivity index (χ0v) is 12.6. The van der Waals surface area contributed by atoms with Crippen LogP contribution in [-0.2, 0) is 7.05 Å². The molecule has 1 heterocycles. The molecule has 1 fully saturated rings. The lowest BCUT2D eigenvalue weighted by Gasteiger charge is -2.22. The van der Waals surface area contributed by atoms with E-state index in [1.807, 2.05) is 24.3 Å². The standard InChI is InChI=1S/C15H20N6O/c1-21-14(18-19-20-21)11-6-5-9-13(10-11)17-15(22)16-12-7-3-2-4-8-12/h5-6,9-10,12H,2-4,7-8H2,1H3,(H2,16,17,22). The number of rotatable bonds is 3. The Morgan fingerprint density at radius 1 is 1.27 bits per heavy atom. The van der Waals surface area contributed by atoms with Crippen LogP contribution in [0.25, 0.3) is 11.4 Å². The Kier molecular flexibility index (Phi) is 4.32. The predicted molar refractivity (Wildman–Crippen MR) is 83.3 cm³/mol. The van der Waals surface area contributed by atoms with Crippen LogP contribution in [0.3, 0.4) is 0 Å². The first-order valence-electron chi connectivity index (χ1n) is 7.63. The number of hydrogen-bond acceptors (Lipinski definition) is 4. The SMILES string of the molecule is Cn1nnnc1-c1cccc(NC(=O)NC2CCCCC2)c1. The van der Waals surface area contributed by atoms with E-state index in [2.05, 4.69) is 26.2 Å². The van der Waals surface area contributed by atoms with Gasteiger partial charge in [-0.1, -0.05) is 31.4 Å². The van der Waals surface area contributed by atoms with Gasteiger partial charge in [0.15, 0.2) is 5.82 Å². The molecule has 7 nitrogen and oxygen atoms in total. The summed E-state index contributed by atoms with van der Waals surface area (Å²) >= 11 is 0. The first-order valence-corrected chi connectivity index (χ1v) is 7.63. The number of benzene rings is 1. The Bertz CT molecular complexity index is 647. The van der Waals surface area contributed by atoms with Crippen molar-refractivity contribution in [3.05, 3.63) is 24.3 Å². The van der Waals surface area contributed by atoms with Gasteiger partial charge in [-0.2, -0.15) is 0 Å². The van der Waals surface area contributed by atoms with Crippen LogP contribution in [0.15, 0.2) is 24.3 Å². The molecule has 0 radical (unpaired) electrons. The largest absolute Gasteiger partial charge is 0.335 e. The highest BCUT2D eigenvalue weighted by molar-refractivity contribution is 5.90. The zero-order chi connectivity index (χ0) is 15.4. The lowest BCUT2D eigenvalue weighted by atomic mass is 9.96. The van der Waals surface area contributed by atoms with Crippen molar-refractivity contribution in [2.75, 3.05) is 5.32 Å². The van der Waals surface area contributed by atoms with Gasteiger partial charge in [0.1, 0.15) is 0 Å². The van der Waals surface area contributed by atoms with Crippen LogP contribution in [0.1, 0.15) is 32.1 Å². The summed E-state index contributed by atoms with van der Waals surface area (Å²) in [5, 5.41) is 17.3. The molecule has 1 saturated carbocycles. The predicted octanol–water partition coefficient (Wildman–Crippen LogP) is 2.33. The van der Waals surface area contributed by atoms with Gasteiger partial charge < -0.3 is 10.6 Å². The Morgan fingerprint density at radius 3 is 2.82 bits per heavy atom. The minimum absolute atomic E-state index is 0.153. The van der Waals surface area contributed by atoms with Gasteiger partial charge in [-0.25, -0.2) is 9.48 Å². The molecule has 0 saturated heterocycles. The molecule has 2 amide bonds. The third-order valence-corrected chi connectivity index (χ3v) is 3.94. The molecule has 2 N–H and O–H groups in total. The maximum absolute atomic E-state index is 12.1. The highest BCUT2D eigenvalue weighted by Gasteiger charge is 2.15. The monoisotopic (exact) mass is 300 g/mol. The van der Waals surface area contributed by atoms with E-state index in [0.29, 0.717) is 11.9 Å². The number of nitrogens with one attached hydrogen (secondary N) is 2. The molecule has 0 unspecified atom stereocenters. The molecule has 116 valence electrons. The summed E-state index contributed by atoms with van der Waals surface area (Å²) < 4.78 is 1.60. The van der Waals surface area contributed by atoms with E-state index in [4.69, 9.17) is 0 Å². The molecule has 22 heavy (non-hydrogen) atoms. The van der Waals surface area contributed by atoms with Crippen molar-refractivity contribution >= 4 is 11.7 Å². The second kappa shape index (κ2) is 6.55. The minimum atomic E-state index is -0.153. The third kappa shape index (κ3) is 3.41. The highest BCUT2D eigenvalue weighted by Crippen LogP contribution is 2.20. The number of amides is 2. The van der Waals surface area contributed by atoms with Gasteiger partial charge >= 0.3 is 6.03 Å². The number of carbonyl (C=O) groups excluding carboxylic acids is 1. The van der Waals surface area contributed by atoms with Crippen LogP contribution in [0.2, 0.25) is 0 Å². The Morgan fingerprint density at radius 2 is 2.09 bits per heavy atom. The number of anilines is 1. The normalized spacial score (nSPS) is 15.5. The van der Waals surface area contributed by atoms with Crippen molar-refractivity contribution in [2.45, 2.75) is 38.1 Å². The minimum Gasteiger partial charge on any atom is -0.335 e. The molecule has 7 heteroatoms. The zero-order valence-electron chi connectivity index (χ0n) is 12.6. The lowest BCUT2D eigenvalue weighted by molar-refractivity contribution is 0.244. The van der Waals surface area contributed by atoms with Crippen molar-refractivity contribution in [1.29, 1.82) is 0 Å². The van der Waals surface area contributed by atoms with Gasteiger partial charge in [0.25, 0.3) is 0 Å². The second-order valence-corrected chi connectivity index (χ2v) is 5.64. The van der Waals surface area contributed by atoms with E-state index in [0.717, 1.165) is 24.1 Å². The molecule has 1 aliphatic rings. The summed E-state index contributed by atoms with van der Waals surface area (Å²) in [6, 6.07) is 7.65. The van der Waals surface area contributed by atoms with Crippen LogP contribution in [0, 0.1) is 0 Å². The summed E-state index contributed by atoms with van der Waals surface area (Å²) in [5.41, 5.74) is 1.59. The summed E-state index contributed by atoms with van der Waals surface area (Å²) in [5.74, 6) is 0.663. The Balaban J connectivity index is 1.65. The van der Waals surface area contributed by atoms with Gasteiger partial charge in [-0.05, 0) is 35.4 Å². The lowest BCUT2D eigenvalue weighted by Crippen LogP contribution is -2.39. The number of hydrogen-bond donors (Lipinski definition) is 2. The number of carbonyl (C=O) groups is 1. The van der Waals surface area contributed by atoms with Crippen LogP contribution >= 0.6 is 0 Å². The van der Waals surface area contributed by atoms with Crippen molar-refractivity contribution in [3.63, 3.8) is 0 Å². The molecule has 1 aromatic heterocycles. The van der Waals surface area contributed by atoms with Crippen LogP contribution in [-0.4, -0.2) is 32.3 Å². The van der Waals surface area contributed by atoms with Crippen molar-refractivity contribution in [2.24, 2.45) is 7.05 Å². The molecule has 0 aliphatic heterocycles. The first-order chi connectivity index (χ1) is 10.7. The van der Waals surface area contributed by atoms with Crippen LogP contribution in [0.4, 0.5) is 10.5 Å². The van der Waals surface area contributed by atoms with Crippen LogP contribution < -0.4 is 10.6 Å². The van der Waals surface area contributed by atoms with E-state index >= 15 is 0 Å². The van der Waals surface area contributed by atoms with Crippen molar-refractivity contribution in [3.8, 4) is 11.4 Å². The number of tetrazole rings is 1. The first kappa shape index (κ1) is 14.5. The van der Waals surface area contributed by atoms with Crippen molar-refractivity contribution in [1.82, 2.24) is 25.5 Å². The maximum atomic E-state index is 12.1. The van der Waals surface area contributed by atoms with Gasteiger partial charge in [0, 0.05) is 24.3 Å².